The summed E-state index contributed by atoms with van der Waals surface area (Å²) in [4.78, 5) is 0. The van der Waals surface area contributed by atoms with Gasteiger partial charge in [-0.3, -0.25) is 0 Å². The second-order valence-electron chi connectivity index (χ2n) is 6.81. The summed E-state index contributed by atoms with van der Waals surface area (Å²) in [5, 5.41) is 11.6. The first-order valence-corrected chi connectivity index (χ1v) is 9.26. The predicted octanol–water partition coefficient (Wildman–Crippen LogP) is 5.32. The Morgan fingerprint density at radius 1 is 1.08 bits per heavy atom. The summed E-state index contributed by atoms with van der Waals surface area (Å²) in [5.74, 6) is 1.51. The van der Waals surface area contributed by atoms with Crippen LogP contribution in [0.4, 0.5) is 11.5 Å². The van der Waals surface area contributed by atoms with Gasteiger partial charge in [-0.25, -0.2) is 4.68 Å². The van der Waals surface area contributed by atoms with Gasteiger partial charge in [0.05, 0.1) is 12.2 Å². The minimum absolute atomic E-state index is 0.490. The molecule has 2 aromatic rings. The van der Waals surface area contributed by atoms with E-state index < -0.39 is 0 Å². The second kappa shape index (κ2) is 7.79. The second-order valence-corrected chi connectivity index (χ2v) is 7.22. The summed E-state index contributed by atoms with van der Waals surface area (Å²) in [7, 11) is 0. The number of hydrogen-bond donors (Lipinski definition) is 2. The van der Waals surface area contributed by atoms with Crippen LogP contribution in [-0.2, 0) is 0 Å². The molecule has 1 saturated carbocycles. The smallest absolute Gasteiger partial charge is 0.176 e. The fourth-order valence-electron chi connectivity index (χ4n) is 3.26. The number of anilines is 2. The van der Waals surface area contributed by atoms with Crippen molar-refractivity contribution >= 4 is 28.8 Å². The van der Waals surface area contributed by atoms with E-state index in [1.807, 2.05) is 12.3 Å². The number of rotatable bonds is 4. The van der Waals surface area contributed by atoms with E-state index in [-0.39, 0.29) is 0 Å². The summed E-state index contributed by atoms with van der Waals surface area (Å²) < 4.78 is 2.09. The van der Waals surface area contributed by atoms with Crippen LogP contribution < -0.4 is 10.6 Å². The lowest BCUT2D eigenvalue weighted by molar-refractivity contribution is 0.333. The van der Waals surface area contributed by atoms with E-state index in [1.165, 1.54) is 37.7 Å². The average molecular weight is 343 g/mol. The maximum Gasteiger partial charge on any atom is 0.176 e. The van der Waals surface area contributed by atoms with Gasteiger partial charge in [0.15, 0.2) is 5.11 Å². The maximum atomic E-state index is 5.47. The summed E-state index contributed by atoms with van der Waals surface area (Å²) in [6, 6.07) is 10.9. The molecule has 1 aliphatic carbocycles. The lowest BCUT2D eigenvalue weighted by Gasteiger charge is -2.24. The van der Waals surface area contributed by atoms with Crippen molar-refractivity contribution in [2.24, 2.45) is 0 Å². The molecule has 0 radical (unpaired) electrons. The lowest BCUT2D eigenvalue weighted by Crippen LogP contribution is -2.23. The van der Waals surface area contributed by atoms with Gasteiger partial charge in [0.25, 0.3) is 0 Å². The molecule has 0 atom stereocenters. The molecule has 1 aliphatic rings. The molecule has 5 heteroatoms. The molecule has 4 nitrogen and oxygen atoms in total. The Labute approximate surface area is 149 Å². The number of hydrogen-bond acceptors (Lipinski definition) is 2. The molecule has 0 unspecified atom stereocenters. The maximum absolute atomic E-state index is 5.47. The molecule has 24 heavy (non-hydrogen) atoms. The zero-order chi connectivity index (χ0) is 16.9. The Morgan fingerprint density at radius 3 is 2.46 bits per heavy atom. The fraction of sp³-hybridized carbons (Fsp3) is 0.474. The Bertz CT molecular complexity index is 669. The molecule has 1 heterocycles. The van der Waals surface area contributed by atoms with E-state index in [1.54, 1.807) is 0 Å². The highest BCUT2D eigenvalue weighted by Gasteiger charge is 2.18. The van der Waals surface area contributed by atoms with Crippen molar-refractivity contribution in [3.8, 4) is 0 Å². The van der Waals surface area contributed by atoms with Crippen LogP contribution in [0.15, 0.2) is 36.5 Å². The van der Waals surface area contributed by atoms with Crippen LogP contribution in [0.2, 0.25) is 0 Å². The van der Waals surface area contributed by atoms with Crippen molar-refractivity contribution in [1.82, 2.24) is 9.78 Å². The average Bonchev–Trinajstić information content (AvgIpc) is 3.04. The largest absolute Gasteiger partial charge is 0.332 e. The van der Waals surface area contributed by atoms with Crippen molar-refractivity contribution in [1.29, 1.82) is 0 Å². The third kappa shape index (κ3) is 4.15. The molecule has 1 aromatic carbocycles. The van der Waals surface area contributed by atoms with Crippen LogP contribution in [-0.4, -0.2) is 14.9 Å². The molecule has 128 valence electrons. The summed E-state index contributed by atoms with van der Waals surface area (Å²) in [6.45, 7) is 4.39. The Morgan fingerprint density at radius 2 is 1.79 bits per heavy atom. The quantitative estimate of drug-likeness (QED) is 0.738. The van der Waals surface area contributed by atoms with Crippen LogP contribution in [0.1, 0.15) is 63.5 Å². The first-order chi connectivity index (χ1) is 11.6. The molecule has 0 saturated heterocycles. The fourth-order valence-corrected chi connectivity index (χ4v) is 3.48. The van der Waals surface area contributed by atoms with Crippen molar-refractivity contribution in [3.05, 3.63) is 42.1 Å². The first kappa shape index (κ1) is 17.0. The molecule has 0 spiro atoms. The Kier molecular flexibility index (Phi) is 5.51. The number of benzene rings is 1. The van der Waals surface area contributed by atoms with Crippen molar-refractivity contribution in [3.63, 3.8) is 0 Å². The monoisotopic (exact) mass is 342 g/mol. The van der Waals surface area contributed by atoms with Gasteiger partial charge in [-0.2, -0.15) is 5.10 Å². The van der Waals surface area contributed by atoms with Gasteiger partial charge in [-0.15, -0.1) is 0 Å². The Balaban J connectivity index is 1.62. The first-order valence-electron chi connectivity index (χ1n) is 8.85. The molecule has 0 aliphatic heterocycles. The van der Waals surface area contributed by atoms with Crippen LogP contribution >= 0.6 is 12.2 Å². The van der Waals surface area contributed by atoms with Crippen molar-refractivity contribution < 1.29 is 0 Å². The standard InChI is InChI=1S/C19H26N4S/c1-14(2)15-8-10-16(11-9-15)21-19(24)22-18-12-13-20-23(18)17-6-4-3-5-7-17/h8-14,17H,3-7H2,1-2H3,(H2,21,22,24). The van der Waals surface area contributed by atoms with Crippen LogP contribution in [0, 0.1) is 0 Å². The van der Waals surface area contributed by atoms with Gasteiger partial charge < -0.3 is 10.6 Å². The highest BCUT2D eigenvalue weighted by Crippen LogP contribution is 2.30. The third-order valence-electron chi connectivity index (χ3n) is 4.67. The highest BCUT2D eigenvalue weighted by atomic mass is 32.1. The highest BCUT2D eigenvalue weighted by molar-refractivity contribution is 7.80. The molecule has 1 fully saturated rings. The van der Waals surface area contributed by atoms with E-state index in [9.17, 15) is 0 Å². The van der Waals surface area contributed by atoms with E-state index >= 15 is 0 Å². The van der Waals surface area contributed by atoms with Gasteiger partial charge >= 0.3 is 0 Å². The minimum Gasteiger partial charge on any atom is -0.332 e. The number of thiocarbonyl (C=S) groups is 1. The summed E-state index contributed by atoms with van der Waals surface area (Å²) >= 11 is 5.47. The topological polar surface area (TPSA) is 41.9 Å². The van der Waals surface area contributed by atoms with Crippen LogP contribution in [0.25, 0.3) is 0 Å². The van der Waals surface area contributed by atoms with E-state index in [0.717, 1.165) is 11.5 Å². The van der Waals surface area contributed by atoms with Gasteiger partial charge in [-0.1, -0.05) is 45.2 Å². The Hall–Kier alpha value is -1.88. The zero-order valence-corrected chi connectivity index (χ0v) is 15.3. The van der Waals surface area contributed by atoms with E-state index in [2.05, 4.69) is 58.5 Å². The predicted molar refractivity (Wildman–Crippen MR) is 105 cm³/mol. The third-order valence-corrected chi connectivity index (χ3v) is 4.87. The zero-order valence-electron chi connectivity index (χ0n) is 14.5. The van der Waals surface area contributed by atoms with Gasteiger partial charge in [-0.05, 0) is 48.7 Å². The van der Waals surface area contributed by atoms with E-state index in [0.29, 0.717) is 17.1 Å². The number of nitrogens with one attached hydrogen (secondary N) is 2. The van der Waals surface area contributed by atoms with E-state index in [4.69, 9.17) is 12.2 Å². The van der Waals surface area contributed by atoms with Crippen LogP contribution in [0.5, 0.6) is 0 Å². The molecule has 3 rings (SSSR count). The normalized spacial score (nSPS) is 15.5. The van der Waals surface area contributed by atoms with Gasteiger partial charge in [0.2, 0.25) is 0 Å². The summed E-state index contributed by atoms with van der Waals surface area (Å²) in [5.41, 5.74) is 2.33. The van der Waals surface area contributed by atoms with Gasteiger partial charge in [0.1, 0.15) is 5.82 Å². The SMILES string of the molecule is CC(C)c1ccc(NC(=S)Nc2ccnn2C2CCCCC2)cc1. The molecule has 1 aromatic heterocycles. The molecular formula is C19H26N4S. The number of nitrogens with zero attached hydrogens (tertiary/aromatic N) is 2. The van der Waals surface area contributed by atoms with Crippen LogP contribution in [0.3, 0.4) is 0 Å². The molecule has 2 N–H and O–H groups in total. The molecule has 0 bridgehead atoms. The van der Waals surface area contributed by atoms with Crippen molar-refractivity contribution in [2.75, 3.05) is 10.6 Å². The van der Waals surface area contributed by atoms with Crippen molar-refractivity contribution in [2.45, 2.75) is 57.9 Å². The lowest BCUT2D eigenvalue weighted by atomic mass is 9.96. The minimum atomic E-state index is 0.490. The molecule has 0 amide bonds. The number of aromatic nitrogens is 2. The van der Waals surface area contributed by atoms with Gasteiger partial charge in [0, 0.05) is 11.8 Å². The molecular weight excluding hydrogens is 316 g/mol. The summed E-state index contributed by atoms with van der Waals surface area (Å²) in [6.07, 6.45) is 8.16.